The highest BCUT2D eigenvalue weighted by molar-refractivity contribution is 9.10. The first-order valence-electron chi connectivity index (χ1n) is 5.36. The molecule has 0 aliphatic heterocycles. The predicted molar refractivity (Wildman–Crippen MR) is 74.6 cm³/mol. The molecule has 1 aromatic carbocycles. The molecule has 1 heterocycles. The molecule has 0 saturated carbocycles. The first kappa shape index (κ1) is 12.6. The van der Waals surface area contributed by atoms with E-state index < -0.39 is 0 Å². The Morgan fingerprint density at radius 3 is 2.72 bits per heavy atom. The van der Waals surface area contributed by atoms with Crippen LogP contribution in [0.15, 0.2) is 22.8 Å². The van der Waals surface area contributed by atoms with Crippen LogP contribution in [0.5, 0.6) is 0 Å². The smallest absolute Gasteiger partial charge is 0.275 e. The molecule has 0 unspecified atom stereocenters. The zero-order valence-corrected chi connectivity index (χ0v) is 11.6. The second-order valence-corrected chi connectivity index (χ2v) is 4.95. The molecule has 1 amide bonds. The van der Waals surface area contributed by atoms with Crippen LogP contribution in [0.4, 0.5) is 11.4 Å². The Hall–Kier alpha value is -1.82. The normalized spacial score (nSPS) is 10.4. The van der Waals surface area contributed by atoms with Gasteiger partial charge in [0.05, 0.1) is 17.6 Å². The second-order valence-electron chi connectivity index (χ2n) is 4.09. The van der Waals surface area contributed by atoms with Crippen molar-refractivity contribution in [3.8, 4) is 0 Å². The third-order valence-electron chi connectivity index (χ3n) is 2.57. The Morgan fingerprint density at radius 2 is 2.17 bits per heavy atom. The number of H-pyrrole nitrogens is 1. The van der Waals surface area contributed by atoms with Crippen LogP contribution < -0.4 is 11.1 Å². The molecule has 0 saturated heterocycles. The monoisotopic (exact) mass is 308 g/mol. The van der Waals surface area contributed by atoms with Crippen LogP contribution in [-0.4, -0.2) is 16.1 Å². The molecule has 2 rings (SSSR count). The number of halogens is 1. The van der Waals surface area contributed by atoms with Crippen molar-refractivity contribution in [1.29, 1.82) is 0 Å². The van der Waals surface area contributed by atoms with E-state index >= 15 is 0 Å². The van der Waals surface area contributed by atoms with Gasteiger partial charge < -0.3 is 11.1 Å². The number of nitrogen functional groups attached to an aromatic ring is 1. The lowest BCUT2D eigenvalue weighted by Gasteiger charge is -2.11. The number of hydrogen-bond acceptors (Lipinski definition) is 3. The lowest BCUT2D eigenvalue weighted by Crippen LogP contribution is -2.15. The molecule has 6 heteroatoms. The second kappa shape index (κ2) is 4.81. The number of aromatic nitrogens is 2. The molecule has 4 N–H and O–H groups in total. The van der Waals surface area contributed by atoms with Gasteiger partial charge in [-0.3, -0.25) is 9.89 Å². The summed E-state index contributed by atoms with van der Waals surface area (Å²) in [5, 5.41) is 9.11. The predicted octanol–water partition coefficient (Wildman–Crippen LogP) is 2.62. The van der Waals surface area contributed by atoms with E-state index in [4.69, 9.17) is 5.73 Å². The van der Waals surface area contributed by atoms with Crippen LogP contribution in [0.3, 0.4) is 0 Å². The molecule has 2 aromatic rings. The van der Waals surface area contributed by atoms with Gasteiger partial charge in [-0.2, -0.15) is 5.10 Å². The molecule has 0 radical (unpaired) electrons. The fraction of sp³-hybridized carbons (Fsp3) is 0.167. The summed E-state index contributed by atoms with van der Waals surface area (Å²) in [5.74, 6) is -0.308. The first-order valence-corrected chi connectivity index (χ1v) is 6.15. The number of nitrogens with one attached hydrogen (secondary N) is 2. The van der Waals surface area contributed by atoms with Crippen molar-refractivity contribution >= 4 is 33.2 Å². The van der Waals surface area contributed by atoms with Gasteiger partial charge in [0.15, 0.2) is 0 Å². The van der Waals surface area contributed by atoms with Gasteiger partial charge in [-0.15, -0.1) is 0 Å². The van der Waals surface area contributed by atoms with E-state index in [9.17, 15) is 4.79 Å². The summed E-state index contributed by atoms with van der Waals surface area (Å²) in [4.78, 5) is 12.0. The fourth-order valence-corrected chi connectivity index (χ4v) is 2.50. The van der Waals surface area contributed by atoms with Gasteiger partial charge in [-0.25, -0.2) is 0 Å². The van der Waals surface area contributed by atoms with Gasteiger partial charge in [0.1, 0.15) is 5.69 Å². The first-order chi connectivity index (χ1) is 8.49. The number of carbonyl (C=O) groups is 1. The van der Waals surface area contributed by atoms with Crippen LogP contribution in [0.2, 0.25) is 0 Å². The molecule has 0 aliphatic carbocycles. The maximum absolute atomic E-state index is 12.0. The standard InChI is InChI=1S/C12H13BrN4O/c1-6-3-7(2)10(8(13)4-6)16-12(18)11-9(14)5-15-17-11/h3-5H,14H2,1-2H3,(H,15,17)(H,16,18). The molecule has 94 valence electrons. The van der Waals surface area contributed by atoms with Gasteiger partial charge in [0.2, 0.25) is 0 Å². The van der Waals surface area contributed by atoms with Crippen LogP contribution in [0, 0.1) is 13.8 Å². The third kappa shape index (κ3) is 2.38. The van der Waals surface area contributed by atoms with Crippen molar-refractivity contribution in [2.45, 2.75) is 13.8 Å². The average Bonchev–Trinajstić information content (AvgIpc) is 2.69. The van der Waals surface area contributed by atoms with Gasteiger partial charge in [-0.1, -0.05) is 6.07 Å². The lowest BCUT2D eigenvalue weighted by molar-refractivity contribution is 0.102. The Labute approximate surface area is 113 Å². The minimum atomic E-state index is -0.308. The quantitative estimate of drug-likeness (QED) is 0.797. The molecule has 18 heavy (non-hydrogen) atoms. The van der Waals surface area contributed by atoms with Crippen LogP contribution in [-0.2, 0) is 0 Å². The molecule has 0 fully saturated rings. The van der Waals surface area contributed by atoms with E-state index in [1.807, 2.05) is 26.0 Å². The lowest BCUT2D eigenvalue weighted by atomic mass is 10.1. The molecule has 0 aliphatic rings. The number of anilines is 2. The van der Waals surface area contributed by atoms with Crippen molar-refractivity contribution in [2.24, 2.45) is 0 Å². The van der Waals surface area contributed by atoms with Gasteiger partial charge in [0.25, 0.3) is 5.91 Å². The zero-order valence-electron chi connectivity index (χ0n) is 10.0. The third-order valence-corrected chi connectivity index (χ3v) is 3.19. The molecular formula is C12H13BrN4O. The number of benzene rings is 1. The van der Waals surface area contributed by atoms with E-state index in [1.165, 1.54) is 6.20 Å². The Morgan fingerprint density at radius 1 is 1.44 bits per heavy atom. The molecular weight excluding hydrogens is 296 g/mol. The summed E-state index contributed by atoms with van der Waals surface area (Å²) >= 11 is 3.44. The summed E-state index contributed by atoms with van der Waals surface area (Å²) in [6, 6.07) is 3.94. The van der Waals surface area contributed by atoms with Crippen molar-refractivity contribution in [2.75, 3.05) is 11.1 Å². The number of hydrogen-bond donors (Lipinski definition) is 3. The number of nitrogens with zero attached hydrogens (tertiary/aromatic N) is 1. The Kier molecular flexibility index (Phi) is 3.38. The molecule has 5 nitrogen and oxygen atoms in total. The SMILES string of the molecule is Cc1cc(C)c(NC(=O)c2[nH]ncc2N)c(Br)c1. The number of rotatable bonds is 2. The average molecular weight is 309 g/mol. The maximum atomic E-state index is 12.0. The van der Waals surface area contributed by atoms with Gasteiger partial charge in [0, 0.05) is 4.47 Å². The number of aromatic amines is 1. The minimum Gasteiger partial charge on any atom is -0.396 e. The van der Waals surface area contributed by atoms with E-state index in [1.54, 1.807) is 0 Å². The number of amides is 1. The van der Waals surface area contributed by atoms with Gasteiger partial charge >= 0.3 is 0 Å². The number of nitrogens with two attached hydrogens (primary N) is 1. The van der Waals surface area contributed by atoms with E-state index in [2.05, 4.69) is 31.4 Å². The largest absolute Gasteiger partial charge is 0.396 e. The summed E-state index contributed by atoms with van der Waals surface area (Å²) in [7, 11) is 0. The summed E-state index contributed by atoms with van der Waals surface area (Å²) in [6.07, 6.45) is 1.41. The van der Waals surface area contributed by atoms with Crippen molar-refractivity contribution in [1.82, 2.24) is 10.2 Å². The van der Waals surface area contributed by atoms with Crippen LogP contribution in [0.25, 0.3) is 0 Å². The number of carbonyl (C=O) groups excluding carboxylic acids is 1. The molecule has 0 atom stereocenters. The Bertz CT molecular complexity index is 583. The van der Waals surface area contributed by atoms with E-state index in [-0.39, 0.29) is 11.6 Å². The highest BCUT2D eigenvalue weighted by Gasteiger charge is 2.14. The summed E-state index contributed by atoms with van der Waals surface area (Å²) in [6.45, 7) is 3.93. The fourth-order valence-electron chi connectivity index (χ4n) is 1.73. The van der Waals surface area contributed by atoms with E-state index in [0.29, 0.717) is 5.69 Å². The Balaban J connectivity index is 2.31. The van der Waals surface area contributed by atoms with Crippen molar-refractivity contribution in [3.05, 3.63) is 39.6 Å². The molecule has 0 bridgehead atoms. The molecule has 0 spiro atoms. The summed E-state index contributed by atoms with van der Waals surface area (Å²) in [5.41, 5.74) is 9.06. The zero-order chi connectivity index (χ0) is 13.3. The van der Waals surface area contributed by atoms with Crippen LogP contribution >= 0.6 is 15.9 Å². The number of aryl methyl sites for hydroxylation is 2. The van der Waals surface area contributed by atoms with Crippen molar-refractivity contribution < 1.29 is 4.79 Å². The maximum Gasteiger partial charge on any atom is 0.275 e. The van der Waals surface area contributed by atoms with E-state index in [0.717, 1.165) is 21.3 Å². The minimum absolute atomic E-state index is 0.266. The molecule has 1 aromatic heterocycles. The summed E-state index contributed by atoms with van der Waals surface area (Å²) < 4.78 is 0.839. The highest BCUT2D eigenvalue weighted by atomic mass is 79.9. The highest BCUT2D eigenvalue weighted by Crippen LogP contribution is 2.28. The van der Waals surface area contributed by atoms with Crippen molar-refractivity contribution in [3.63, 3.8) is 0 Å². The topological polar surface area (TPSA) is 83.8 Å². The van der Waals surface area contributed by atoms with Gasteiger partial charge in [-0.05, 0) is 47.0 Å². The van der Waals surface area contributed by atoms with Crippen LogP contribution in [0.1, 0.15) is 21.6 Å².